The molecular formula is C26H26Cl3N3O4S. The number of nitrogens with one attached hydrogen (secondary N) is 1. The molecule has 1 atom stereocenters. The lowest BCUT2D eigenvalue weighted by Crippen LogP contribution is -2.50. The highest BCUT2D eigenvalue weighted by Gasteiger charge is 2.32. The van der Waals surface area contributed by atoms with Crippen LogP contribution in [0.25, 0.3) is 0 Å². The predicted molar refractivity (Wildman–Crippen MR) is 148 cm³/mol. The van der Waals surface area contributed by atoms with E-state index in [2.05, 4.69) is 5.32 Å². The maximum atomic E-state index is 13.8. The molecule has 0 bridgehead atoms. The summed E-state index contributed by atoms with van der Waals surface area (Å²) < 4.78 is 28.6. The Balaban J connectivity index is 2.05. The smallest absolute Gasteiger partial charge is 0.264 e. The van der Waals surface area contributed by atoms with Crippen molar-refractivity contribution in [2.24, 2.45) is 0 Å². The van der Waals surface area contributed by atoms with Crippen molar-refractivity contribution in [3.8, 4) is 0 Å². The number of amides is 2. The van der Waals surface area contributed by atoms with Gasteiger partial charge in [-0.1, -0.05) is 59.1 Å². The molecule has 1 N–H and O–H groups in total. The average Bonchev–Trinajstić information content (AvgIpc) is 2.87. The second-order valence-corrected chi connectivity index (χ2v) is 11.4. The van der Waals surface area contributed by atoms with Crippen molar-refractivity contribution in [2.45, 2.75) is 31.3 Å². The van der Waals surface area contributed by atoms with Gasteiger partial charge in [-0.05, 0) is 67.4 Å². The van der Waals surface area contributed by atoms with Gasteiger partial charge in [-0.3, -0.25) is 13.9 Å². The van der Waals surface area contributed by atoms with Crippen LogP contribution >= 0.6 is 34.8 Å². The minimum atomic E-state index is -4.17. The van der Waals surface area contributed by atoms with E-state index in [0.29, 0.717) is 31.9 Å². The second kappa shape index (κ2) is 12.2. The van der Waals surface area contributed by atoms with Crippen molar-refractivity contribution < 1.29 is 18.0 Å². The first-order chi connectivity index (χ1) is 17.4. The molecule has 0 heterocycles. The molecule has 7 nitrogen and oxygen atoms in total. The molecule has 0 unspecified atom stereocenters. The van der Waals surface area contributed by atoms with Gasteiger partial charge in [0.2, 0.25) is 11.8 Å². The second-order valence-electron chi connectivity index (χ2n) is 8.31. The number of halogens is 3. The number of aryl methyl sites for hydroxylation is 1. The SMILES string of the molecule is CNC(=O)[C@@H](C)N(Cc1ccc(Cl)c(Cl)c1)C(=O)CN(c1ccccc1C)S(=O)(=O)c1ccc(Cl)cc1. The van der Waals surface area contributed by atoms with Crippen LogP contribution in [0.1, 0.15) is 18.1 Å². The number of benzene rings is 3. The maximum Gasteiger partial charge on any atom is 0.264 e. The van der Waals surface area contributed by atoms with Crippen LogP contribution in [0.5, 0.6) is 0 Å². The summed E-state index contributed by atoms with van der Waals surface area (Å²) in [4.78, 5) is 27.6. The lowest BCUT2D eigenvalue weighted by molar-refractivity contribution is -0.139. The molecule has 196 valence electrons. The van der Waals surface area contributed by atoms with Crippen molar-refractivity contribution >= 4 is 62.3 Å². The summed E-state index contributed by atoms with van der Waals surface area (Å²) in [5.41, 5.74) is 1.62. The standard InChI is InChI=1S/C26H26Cl3N3O4S/c1-17-6-4-5-7-24(17)32(37(35,36)21-11-9-20(27)10-12-21)16-25(33)31(18(2)26(34)30-3)15-19-8-13-22(28)23(29)14-19/h4-14,18H,15-16H2,1-3H3,(H,30,34)/t18-/m1/s1. The Morgan fingerprint density at radius 3 is 2.19 bits per heavy atom. The number of anilines is 1. The summed E-state index contributed by atoms with van der Waals surface area (Å²) in [5, 5.41) is 3.56. The van der Waals surface area contributed by atoms with Crippen LogP contribution in [0.4, 0.5) is 5.69 Å². The van der Waals surface area contributed by atoms with E-state index in [0.717, 1.165) is 4.31 Å². The third-order valence-corrected chi connectivity index (χ3v) is 8.58. The molecule has 0 fully saturated rings. The van der Waals surface area contributed by atoms with Gasteiger partial charge >= 0.3 is 0 Å². The van der Waals surface area contributed by atoms with E-state index in [9.17, 15) is 18.0 Å². The van der Waals surface area contributed by atoms with Crippen LogP contribution in [0.3, 0.4) is 0 Å². The Hall–Kier alpha value is -2.78. The quantitative estimate of drug-likeness (QED) is 0.370. The molecule has 0 aromatic heterocycles. The summed E-state index contributed by atoms with van der Waals surface area (Å²) in [6.45, 7) is 2.79. The number of rotatable bonds is 9. The third-order valence-electron chi connectivity index (χ3n) is 5.82. The minimum absolute atomic E-state index is 0.00686. The van der Waals surface area contributed by atoms with Gasteiger partial charge in [0, 0.05) is 18.6 Å². The van der Waals surface area contributed by atoms with Gasteiger partial charge in [-0.2, -0.15) is 0 Å². The minimum Gasteiger partial charge on any atom is -0.357 e. The molecule has 0 aliphatic heterocycles. The Morgan fingerprint density at radius 2 is 1.59 bits per heavy atom. The number of sulfonamides is 1. The molecule has 3 aromatic rings. The summed E-state index contributed by atoms with van der Waals surface area (Å²) >= 11 is 18.1. The van der Waals surface area contributed by atoms with Gasteiger partial charge in [-0.15, -0.1) is 0 Å². The Morgan fingerprint density at radius 1 is 0.946 bits per heavy atom. The fourth-order valence-electron chi connectivity index (χ4n) is 3.72. The number of hydrogen-bond acceptors (Lipinski definition) is 4. The first-order valence-corrected chi connectivity index (χ1v) is 13.8. The molecule has 0 saturated heterocycles. The topological polar surface area (TPSA) is 86.8 Å². The summed E-state index contributed by atoms with van der Waals surface area (Å²) in [6.07, 6.45) is 0. The van der Waals surface area contributed by atoms with E-state index in [4.69, 9.17) is 34.8 Å². The molecule has 0 radical (unpaired) electrons. The number of para-hydroxylation sites is 1. The van der Waals surface area contributed by atoms with E-state index in [1.165, 1.54) is 36.2 Å². The van der Waals surface area contributed by atoms with Crippen LogP contribution in [0.15, 0.2) is 71.6 Å². The monoisotopic (exact) mass is 581 g/mol. The number of carbonyl (C=O) groups is 2. The van der Waals surface area contributed by atoms with Crippen LogP contribution in [0, 0.1) is 6.92 Å². The Kier molecular flexibility index (Phi) is 9.47. The molecule has 0 aliphatic carbocycles. The summed E-state index contributed by atoms with van der Waals surface area (Å²) in [7, 11) is -2.71. The van der Waals surface area contributed by atoms with E-state index >= 15 is 0 Å². The predicted octanol–water partition coefficient (Wildman–Crippen LogP) is 5.31. The lowest BCUT2D eigenvalue weighted by atomic mass is 10.1. The zero-order valence-electron chi connectivity index (χ0n) is 20.4. The van der Waals surface area contributed by atoms with E-state index < -0.39 is 34.4 Å². The highest BCUT2D eigenvalue weighted by atomic mass is 35.5. The van der Waals surface area contributed by atoms with Crippen molar-refractivity contribution in [3.05, 3.63) is 92.9 Å². The van der Waals surface area contributed by atoms with Crippen LogP contribution in [-0.4, -0.2) is 44.8 Å². The van der Waals surface area contributed by atoms with Crippen molar-refractivity contribution in [2.75, 3.05) is 17.9 Å². The van der Waals surface area contributed by atoms with E-state index in [-0.39, 0.29) is 11.4 Å². The molecule has 0 aliphatic rings. The number of hydrogen-bond donors (Lipinski definition) is 1. The van der Waals surface area contributed by atoms with Gasteiger partial charge in [0.05, 0.1) is 20.6 Å². The van der Waals surface area contributed by atoms with Crippen molar-refractivity contribution in [1.29, 1.82) is 0 Å². The largest absolute Gasteiger partial charge is 0.357 e. The molecule has 3 aromatic carbocycles. The summed E-state index contributed by atoms with van der Waals surface area (Å²) in [6, 6.07) is 16.5. The van der Waals surface area contributed by atoms with Gasteiger partial charge in [0.15, 0.2) is 0 Å². The highest BCUT2D eigenvalue weighted by molar-refractivity contribution is 7.92. The number of nitrogens with zero attached hydrogens (tertiary/aromatic N) is 2. The Bertz CT molecular complexity index is 1400. The Labute approximate surface area is 232 Å². The average molecular weight is 583 g/mol. The van der Waals surface area contributed by atoms with Crippen LogP contribution < -0.4 is 9.62 Å². The molecule has 37 heavy (non-hydrogen) atoms. The molecule has 3 rings (SSSR count). The van der Waals surface area contributed by atoms with Crippen molar-refractivity contribution in [3.63, 3.8) is 0 Å². The fourth-order valence-corrected chi connectivity index (χ4v) is 5.64. The lowest BCUT2D eigenvalue weighted by Gasteiger charge is -2.32. The normalized spacial score (nSPS) is 12.1. The number of carbonyl (C=O) groups excluding carboxylic acids is 2. The van der Waals surface area contributed by atoms with Gasteiger partial charge < -0.3 is 10.2 Å². The molecule has 11 heteroatoms. The van der Waals surface area contributed by atoms with E-state index in [1.807, 2.05) is 0 Å². The molecular weight excluding hydrogens is 557 g/mol. The first-order valence-electron chi connectivity index (χ1n) is 11.2. The fraction of sp³-hybridized carbons (Fsp3) is 0.231. The first kappa shape index (κ1) is 28.8. The highest BCUT2D eigenvalue weighted by Crippen LogP contribution is 2.28. The summed E-state index contributed by atoms with van der Waals surface area (Å²) in [5.74, 6) is -0.987. The van der Waals surface area contributed by atoms with Crippen LogP contribution in [0.2, 0.25) is 15.1 Å². The van der Waals surface area contributed by atoms with Crippen molar-refractivity contribution in [1.82, 2.24) is 10.2 Å². The van der Waals surface area contributed by atoms with Gasteiger partial charge in [0.25, 0.3) is 10.0 Å². The molecule has 2 amide bonds. The van der Waals surface area contributed by atoms with E-state index in [1.54, 1.807) is 56.3 Å². The van der Waals surface area contributed by atoms with Gasteiger partial charge in [0.1, 0.15) is 12.6 Å². The van der Waals surface area contributed by atoms with Crippen LogP contribution in [-0.2, 0) is 26.2 Å². The van der Waals surface area contributed by atoms with Gasteiger partial charge in [-0.25, -0.2) is 8.42 Å². The third kappa shape index (κ3) is 6.76. The molecule has 0 saturated carbocycles. The zero-order chi connectivity index (χ0) is 27.3. The number of likely N-dealkylation sites (N-methyl/N-ethyl adjacent to an activating group) is 1. The maximum absolute atomic E-state index is 13.8. The molecule has 0 spiro atoms. The zero-order valence-corrected chi connectivity index (χ0v) is 23.5.